The summed E-state index contributed by atoms with van der Waals surface area (Å²) in [5.74, 6) is 0.371. The number of hydrogen-bond acceptors (Lipinski definition) is 2. The van der Waals surface area contributed by atoms with Gasteiger partial charge in [0.2, 0.25) is 0 Å². The van der Waals surface area contributed by atoms with E-state index in [1.165, 1.54) is 37.3 Å². The fourth-order valence-electron chi connectivity index (χ4n) is 3.71. The maximum absolute atomic E-state index is 13.4. The fourth-order valence-corrected chi connectivity index (χ4v) is 3.90. The Bertz CT molecular complexity index is 461. The third-order valence-electron chi connectivity index (χ3n) is 4.68. The van der Waals surface area contributed by atoms with Gasteiger partial charge in [0, 0.05) is 32.2 Å². The van der Waals surface area contributed by atoms with Crippen LogP contribution in [-0.4, -0.2) is 31.1 Å². The van der Waals surface area contributed by atoms with Crippen molar-refractivity contribution in [3.63, 3.8) is 0 Å². The molecule has 1 atom stereocenters. The third kappa shape index (κ3) is 4.48. The Morgan fingerprint density at radius 3 is 2.36 bits per heavy atom. The molecule has 1 aromatic rings. The zero-order chi connectivity index (χ0) is 13.9. The van der Waals surface area contributed by atoms with Gasteiger partial charge < -0.3 is 5.32 Å². The summed E-state index contributed by atoms with van der Waals surface area (Å²) in [6.07, 6.45) is 5.21. The molecular weight excluding hydrogens is 346 g/mol. The number of nitrogens with zero attached hydrogens (tertiary/aromatic N) is 1. The molecule has 0 aromatic heterocycles. The van der Waals surface area contributed by atoms with E-state index in [4.69, 9.17) is 11.6 Å². The topological polar surface area (TPSA) is 15.3 Å². The van der Waals surface area contributed by atoms with Gasteiger partial charge in [-0.1, -0.05) is 30.5 Å². The molecule has 0 spiro atoms. The molecule has 2 nitrogen and oxygen atoms in total. The minimum atomic E-state index is -0.319. The van der Waals surface area contributed by atoms with Crippen LogP contribution in [0.5, 0.6) is 0 Å². The lowest BCUT2D eigenvalue weighted by molar-refractivity contribution is 0.125. The van der Waals surface area contributed by atoms with Gasteiger partial charge in [-0.3, -0.25) is 4.90 Å². The van der Waals surface area contributed by atoms with E-state index in [0.717, 1.165) is 26.2 Å². The summed E-state index contributed by atoms with van der Waals surface area (Å²) in [5, 5.41) is 3.65. The molecular formula is C16H24Cl3FN2. The zero-order valence-electron chi connectivity index (χ0n) is 12.6. The summed E-state index contributed by atoms with van der Waals surface area (Å²) in [6.45, 7) is 4.21. The summed E-state index contributed by atoms with van der Waals surface area (Å²) in [5.41, 5.74) is 1.19. The van der Waals surface area contributed by atoms with Crippen LogP contribution < -0.4 is 5.32 Å². The van der Waals surface area contributed by atoms with E-state index in [9.17, 15) is 4.39 Å². The first-order valence-electron chi connectivity index (χ1n) is 7.65. The molecule has 0 bridgehead atoms. The second-order valence-corrected chi connectivity index (χ2v) is 6.36. The van der Waals surface area contributed by atoms with Crippen LogP contribution >= 0.6 is 36.4 Å². The van der Waals surface area contributed by atoms with Gasteiger partial charge in [-0.25, -0.2) is 4.39 Å². The monoisotopic (exact) mass is 368 g/mol. The smallest absolute Gasteiger partial charge is 0.141 e. The Kier molecular flexibility index (Phi) is 8.44. The van der Waals surface area contributed by atoms with Crippen LogP contribution in [0.2, 0.25) is 5.02 Å². The van der Waals surface area contributed by atoms with Crippen molar-refractivity contribution in [2.45, 2.75) is 31.7 Å². The fraction of sp³-hybridized carbons (Fsp3) is 0.625. The highest BCUT2D eigenvalue weighted by molar-refractivity contribution is 6.30. The molecule has 126 valence electrons. The SMILES string of the molecule is Cl.Cl.Fc1ccc([C@H](C2CCCC2)N2CCNCC2)cc1Cl. The molecule has 1 aliphatic heterocycles. The Morgan fingerprint density at radius 1 is 1.14 bits per heavy atom. The lowest BCUT2D eigenvalue weighted by atomic mass is 9.89. The van der Waals surface area contributed by atoms with Crippen LogP contribution in [-0.2, 0) is 0 Å². The number of hydrogen-bond donors (Lipinski definition) is 1. The van der Waals surface area contributed by atoms with Gasteiger partial charge in [0.05, 0.1) is 5.02 Å². The highest BCUT2D eigenvalue weighted by Crippen LogP contribution is 2.40. The van der Waals surface area contributed by atoms with Gasteiger partial charge in [-0.05, 0) is 36.5 Å². The van der Waals surface area contributed by atoms with E-state index in [2.05, 4.69) is 10.2 Å². The first kappa shape index (κ1) is 20.0. The zero-order valence-corrected chi connectivity index (χ0v) is 15.0. The van der Waals surface area contributed by atoms with Gasteiger partial charge >= 0.3 is 0 Å². The summed E-state index contributed by atoms with van der Waals surface area (Å²) < 4.78 is 13.4. The molecule has 2 fully saturated rings. The molecule has 0 unspecified atom stereocenters. The van der Waals surface area contributed by atoms with Crippen molar-refractivity contribution < 1.29 is 4.39 Å². The van der Waals surface area contributed by atoms with Crippen molar-refractivity contribution in [3.8, 4) is 0 Å². The van der Waals surface area contributed by atoms with Crippen LogP contribution in [0.3, 0.4) is 0 Å². The van der Waals surface area contributed by atoms with Crippen LogP contribution in [0.4, 0.5) is 4.39 Å². The molecule has 3 rings (SSSR count). The van der Waals surface area contributed by atoms with Crippen molar-refractivity contribution in [3.05, 3.63) is 34.6 Å². The van der Waals surface area contributed by atoms with Gasteiger partial charge in [-0.2, -0.15) is 0 Å². The van der Waals surface area contributed by atoms with E-state index < -0.39 is 0 Å². The molecule has 22 heavy (non-hydrogen) atoms. The lowest BCUT2D eigenvalue weighted by Gasteiger charge is -2.38. The molecule has 1 saturated heterocycles. The van der Waals surface area contributed by atoms with Gasteiger partial charge in [0.25, 0.3) is 0 Å². The predicted molar refractivity (Wildman–Crippen MR) is 95.0 cm³/mol. The van der Waals surface area contributed by atoms with Crippen LogP contribution in [0, 0.1) is 11.7 Å². The Labute approximate surface area is 149 Å². The van der Waals surface area contributed by atoms with Crippen LogP contribution in [0.1, 0.15) is 37.3 Å². The lowest BCUT2D eigenvalue weighted by Crippen LogP contribution is -2.46. The highest BCUT2D eigenvalue weighted by atomic mass is 35.5. The summed E-state index contributed by atoms with van der Waals surface area (Å²) >= 11 is 6.00. The minimum absolute atomic E-state index is 0. The van der Waals surface area contributed by atoms with Crippen molar-refractivity contribution in [1.82, 2.24) is 10.2 Å². The quantitative estimate of drug-likeness (QED) is 0.846. The molecule has 1 heterocycles. The average molecular weight is 370 g/mol. The van der Waals surface area contributed by atoms with E-state index in [0.29, 0.717) is 12.0 Å². The Hall–Kier alpha value is -0.0600. The summed E-state index contributed by atoms with van der Waals surface area (Å²) in [4.78, 5) is 2.55. The van der Waals surface area contributed by atoms with Crippen molar-refractivity contribution in [2.75, 3.05) is 26.2 Å². The minimum Gasteiger partial charge on any atom is -0.314 e. The summed E-state index contributed by atoms with van der Waals surface area (Å²) in [7, 11) is 0. The third-order valence-corrected chi connectivity index (χ3v) is 4.97. The molecule has 6 heteroatoms. The second-order valence-electron chi connectivity index (χ2n) is 5.95. The Morgan fingerprint density at radius 2 is 1.77 bits per heavy atom. The standard InChI is InChI=1S/C16H22ClFN2.2ClH/c17-14-11-13(5-6-15(14)18)16(12-3-1-2-4-12)20-9-7-19-8-10-20;;/h5-6,11-12,16,19H,1-4,7-10H2;2*1H/t16-;;/m0../s1. The van der Waals surface area contributed by atoms with Gasteiger partial charge in [0.15, 0.2) is 0 Å². The van der Waals surface area contributed by atoms with E-state index >= 15 is 0 Å². The summed E-state index contributed by atoms with van der Waals surface area (Å²) in [6, 6.07) is 5.67. The average Bonchev–Trinajstić information content (AvgIpc) is 2.98. The van der Waals surface area contributed by atoms with E-state index in [-0.39, 0.29) is 35.7 Å². The van der Waals surface area contributed by atoms with Crippen molar-refractivity contribution in [2.24, 2.45) is 5.92 Å². The first-order chi connectivity index (χ1) is 9.75. The number of piperazine rings is 1. The highest BCUT2D eigenvalue weighted by Gasteiger charge is 2.32. The molecule has 2 aliphatic rings. The molecule has 0 amide bonds. The Balaban J connectivity index is 0.00000121. The van der Waals surface area contributed by atoms with Crippen molar-refractivity contribution in [1.29, 1.82) is 0 Å². The molecule has 1 aliphatic carbocycles. The molecule has 1 N–H and O–H groups in total. The van der Waals surface area contributed by atoms with Gasteiger partial charge in [0.1, 0.15) is 5.82 Å². The molecule has 0 radical (unpaired) electrons. The van der Waals surface area contributed by atoms with Crippen LogP contribution in [0.25, 0.3) is 0 Å². The number of halogens is 4. The normalized spacial score (nSPS) is 21.0. The van der Waals surface area contributed by atoms with Crippen molar-refractivity contribution >= 4 is 36.4 Å². The number of nitrogens with one attached hydrogen (secondary N) is 1. The van der Waals surface area contributed by atoms with E-state index in [1.807, 2.05) is 12.1 Å². The van der Waals surface area contributed by atoms with Crippen LogP contribution in [0.15, 0.2) is 18.2 Å². The first-order valence-corrected chi connectivity index (χ1v) is 8.03. The van der Waals surface area contributed by atoms with Gasteiger partial charge in [-0.15, -0.1) is 24.8 Å². The van der Waals surface area contributed by atoms with E-state index in [1.54, 1.807) is 0 Å². The maximum Gasteiger partial charge on any atom is 0.141 e. The molecule has 1 saturated carbocycles. The second kappa shape index (κ2) is 9.29. The predicted octanol–water partition coefficient (Wildman–Crippen LogP) is 4.46. The number of benzene rings is 1. The number of rotatable bonds is 3. The maximum atomic E-state index is 13.4. The largest absolute Gasteiger partial charge is 0.314 e. The molecule has 1 aromatic carbocycles.